The van der Waals surface area contributed by atoms with Crippen LogP contribution < -0.4 is 0 Å². The Morgan fingerprint density at radius 2 is 2.06 bits per heavy atom. The predicted octanol–water partition coefficient (Wildman–Crippen LogP) is 2.34. The molecule has 1 heterocycles. The van der Waals surface area contributed by atoms with Crippen LogP contribution in [0.4, 0.5) is 0 Å². The lowest BCUT2D eigenvalue weighted by atomic mass is 10.1. The third kappa shape index (κ3) is 2.20. The molecule has 1 saturated heterocycles. The van der Waals surface area contributed by atoms with Crippen molar-refractivity contribution < 1.29 is 9.63 Å². The average Bonchev–Trinajstić information content (AvgIpc) is 3.20. The summed E-state index contributed by atoms with van der Waals surface area (Å²) in [5.74, 6) is 0.739. The molecular formula is C14H17NO2. The molecule has 2 atom stereocenters. The molecule has 1 aromatic carbocycles. The van der Waals surface area contributed by atoms with E-state index < -0.39 is 0 Å². The third-order valence-electron chi connectivity index (χ3n) is 3.58. The quantitative estimate of drug-likeness (QED) is 0.782. The number of amides is 1. The van der Waals surface area contributed by atoms with Gasteiger partial charge in [0, 0.05) is 12.5 Å². The molecule has 0 aromatic heterocycles. The Hall–Kier alpha value is -1.35. The van der Waals surface area contributed by atoms with Crippen molar-refractivity contribution in [3.63, 3.8) is 0 Å². The molecule has 1 aliphatic heterocycles. The molecule has 0 bridgehead atoms. The Morgan fingerprint density at radius 3 is 2.76 bits per heavy atom. The Kier molecular flexibility index (Phi) is 2.85. The van der Waals surface area contributed by atoms with Gasteiger partial charge in [0.1, 0.15) is 0 Å². The second-order valence-corrected chi connectivity index (χ2v) is 4.84. The van der Waals surface area contributed by atoms with E-state index in [0.717, 1.165) is 25.8 Å². The van der Waals surface area contributed by atoms with Gasteiger partial charge in [0.25, 0.3) is 0 Å². The Balaban J connectivity index is 1.62. The van der Waals surface area contributed by atoms with Crippen molar-refractivity contribution in [2.45, 2.75) is 25.2 Å². The van der Waals surface area contributed by atoms with Crippen LogP contribution in [0.2, 0.25) is 0 Å². The fourth-order valence-corrected chi connectivity index (χ4v) is 2.49. The summed E-state index contributed by atoms with van der Waals surface area (Å²) in [7, 11) is 0. The normalized spacial score (nSPS) is 27.9. The van der Waals surface area contributed by atoms with Crippen molar-refractivity contribution in [3.8, 4) is 0 Å². The van der Waals surface area contributed by atoms with Gasteiger partial charge in [-0.05, 0) is 30.7 Å². The molecular weight excluding hydrogens is 214 g/mol. The second-order valence-electron chi connectivity index (χ2n) is 4.84. The first-order chi connectivity index (χ1) is 8.36. The molecule has 2 unspecified atom stereocenters. The van der Waals surface area contributed by atoms with E-state index in [0.29, 0.717) is 12.5 Å². The van der Waals surface area contributed by atoms with E-state index in [1.807, 2.05) is 18.2 Å². The van der Waals surface area contributed by atoms with E-state index in [9.17, 15) is 4.79 Å². The third-order valence-corrected chi connectivity index (χ3v) is 3.58. The molecule has 1 saturated carbocycles. The summed E-state index contributed by atoms with van der Waals surface area (Å²) in [6.45, 7) is 1.45. The second kappa shape index (κ2) is 4.49. The molecule has 1 aliphatic carbocycles. The monoisotopic (exact) mass is 231 g/mol. The van der Waals surface area contributed by atoms with Gasteiger partial charge in [0.2, 0.25) is 5.91 Å². The fourth-order valence-electron chi connectivity index (χ4n) is 2.49. The summed E-state index contributed by atoms with van der Waals surface area (Å²) in [4.78, 5) is 17.6. The lowest BCUT2D eigenvalue weighted by Gasteiger charge is -2.26. The highest BCUT2D eigenvalue weighted by atomic mass is 16.7. The number of rotatable bonds is 2. The SMILES string of the molecule is O=C(C1CC1c1ccccc1)N1CCCCO1. The molecule has 17 heavy (non-hydrogen) atoms. The van der Waals surface area contributed by atoms with E-state index in [1.54, 1.807) is 5.06 Å². The number of nitrogens with zero attached hydrogens (tertiary/aromatic N) is 1. The zero-order valence-electron chi connectivity index (χ0n) is 9.84. The highest BCUT2D eigenvalue weighted by Crippen LogP contribution is 2.48. The molecule has 3 nitrogen and oxygen atoms in total. The highest BCUT2D eigenvalue weighted by molar-refractivity contribution is 5.82. The van der Waals surface area contributed by atoms with Gasteiger partial charge in [-0.1, -0.05) is 30.3 Å². The lowest BCUT2D eigenvalue weighted by molar-refractivity contribution is -0.198. The number of carbonyl (C=O) groups is 1. The zero-order chi connectivity index (χ0) is 11.7. The van der Waals surface area contributed by atoms with E-state index in [1.165, 1.54) is 5.56 Å². The topological polar surface area (TPSA) is 29.5 Å². The van der Waals surface area contributed by atoms with Gasteiger partial charge in [0.15, 0.2) is 0 Å². The minimum atomic E-state index is 0.149. The predicted molar refractivity (Wildman–Crippen MR) is 64.2 cm³/mol. The van der Waals surface area contributed by atoms with Crippen molar-refractivity contribution in [1.29, 1.82) is 0 Å². The largest absolute Gasteiger partial charge is 0.272 e. The van der Waals surface area contributed by atoms with E-state index in [-0.39, 0.29) is 11.8 Å². The molecule has 0 radical (unpaired) electrons. The van der Waals surface area contributed by atoms with Crippen LogP contribution in [0, 0.1) is 5.92 Å². The van der Waals surface area contributed by atoms with Crippen molar-refractivity contribution in [2.24, 2.45) is 5.92 Å². The van der Waals surface area contributed by atoms with Gasteiger partial charge in [-0.2, -0.15) is 0 Å². The first-order valence-electron chi connectivity index (χ1n) is 6.35. The summed E-state index contributed by atoms with van der Waals surface area (Å²) < 4.78 is 0. The summed E-state index contributed by atoms with van der Waals surface area (Å²) in [6, 6.07) is 10.3. The Labute approximate surface area is 101 Å². The van der Waals surface area contributed by atoms with Gasteiger partial charge in [-0.3, -0.25) is 9.63 Å². The minimum absolute atomic E-state index is 0.149. The summed E-state index contributed by atoms with van der Waals surface area (Å²) in [5, 5.41) is 1.58. The van der Waals surface area contributed by atoms with Crippen LogP contribution >= 0.6 is 0 Å². The van der Waals surface area contributed by atoms with Gasteiger partial charge >= 0.3 is 0 Å². The van der Waals surface area contributed by atoms with Gasteiger partial charge in [0.05, 0.1) is 6.61 Å². The molecule has 0 N–H and O–H groups in total. The Bertz CT molecular complexity index is 398. The van der Waals surface area contributed by atoms with Crippen LogP contribution in [0.25, 0.3) is 0 Å². The van der Waals surface area contributed by atoms with E-state index >= 15 is 0 Å². The molecule has 3 heteroatoms. The van der Waals surface area contributed by atoms with Gasteiger partial charge in [-0.25, -0.2) is 5.06 Å². The maximum Gasteiger partial charge on any atom is 0.249 e. The maximum absolute atomic E-state index is 12.1. The number of hydrogen-bond acceptors (Lipinski definition) is 2. The van der Waals surface area contributed by atoms with Crippen molar-refractivity contribution in [1.82, 2.24) is 5.06 Å². The first kappa shape index (κ1) is 10.8. The maximum atomic E-state index is 12.1. The number of carbonyl (C=O) groups excluding carboxylic acids is 1. The van der Waals surface area contributed by atoms with Crippen LogP contribution in [0.15, 0.2) is 30.3 Å². The van der Waals surface area contributed by atoms with Crippen LogP contribution in [-0.2, 0) is 9.63 Å². The fraction of sp³-hybridized carbons (Fsp3) is 0.500. The van der Waals surface area contributed by atoms with Crippen LogP contribution in [0.5, 0.6) is 0 Å². The highest BCUT2D eigenvalue weighted by Gasteiger charge is 2.46. The summed E-state index contributed by atoms with van der Waals surface area (Å²) >= 11 is 0. The number of hydroxylamine groups is 2. The van der Waals surface area contributed by atoms with Crippen LogP contribution in [-0.4, -0.2) is 24.1 Å². The van der Waals surface area contributed by atoms with Crippen molar-refractivity contribution in [3.05, 3.63) is 35.9 Å². The number of benzene rings is 1. The average molecular weight is 231 g/mol. The summed E-state index contributed by atoms with van der Waals surface area (Å²) in [6.07, 6.45) is 3.10. The molecule has 2 fully saturated rings. The van der Waals surface area contributed by atoms with Crippen molar-refractivity contribution >= 4 is 5.91 Å². The van der Waals surface area contributed by atoms with E-state index in [2.05, 4.69) is 12.1 Å². The minimum Gasteiger partial charge on any atom is -0.272 e. The molecule has 1 aromatic rings. The van der Waals surface area contributed by atoms with Gasteiger partial charge < -0.3 is 0 Å². The smallest absolute Gasteiger partial charge is 0.249 e. The molecule has 3 rings (SSSR count). The molecule has 0 spiro atoms. The first-order valence-corrected chi connectivity index (χ1v) is 6.35. The van der Waals surface area contributed by atoms with Crippen molar-refractivity contribution in [2.75, 3.05) is 13.2 Å². The zero-order valence-corrected chi connectivity index (χ0v) is 9.84. The Morgan fingerprint density at radius 1 is 1.24 bits per heavy atom. The standard InChI is InChI=1S/C14H17NO2/c16-14(15-8-4-5-9-17-15)13-10-12(13)11-6-2-1-3-7-11/h1-3,6-7,12-13H,4-5,8-10H2. The molecule has 1 amide bonds. The number of hydrogen-bond donors (Lipinski definition) is 0. The van der Waals surface area contributed by atoms with Crippen LogP contribution in [0.1, 0.15) is 30.7 Å². The van der Waals surface area contributed by atoms with Crippen LogP contribution in [0.3, 0.4) is 0 Å². The lowest BCUT2D eigenvalue weighted by Crippen LogP contribution is -2.36. The summed E-state index contributed by atoms with van der Waals surface area (Å²) in [5.41, 5.74) is 1.28. The molecule has 90 valence electrons. The molecule has 2 aliphatic rings. The van der Waals surface area contributed by atoms with E-state index in [4.69, 9.17) is 4.84 Å². The van der Waals surface area contributed by atoms with Gasteiger partial charge in [-0.15, -0.1) is 0 Å².